The molecule has 0 aliphatic carbocycles. The van der Waals surface area contributed by atoms with Crippen LogP contribution in [0.5, 0.6) is 0 Å². The molecule has 2 aromatic rings. The van der Waals surface area contributed by atoms with E-state index in [1.54, 1.807) is 24.3 Å². The van der Waals surface area contributed by atoms with E-state index in [0.29, 0.717) is 5.56 Å². The van der Waals surface area contributed by atoms with Crippen molar-refractivity contribution in [2.75, 3.05) is 0 Å². The van der Waals surface area contributed by atoms with E-state index in [-0.39, 0.29) is 5.82 Å². The number of thiazole rings is 1. The lowest BCUT2D eigenvalue weighted by atomic mass is 10.1. The van der Waals surface area contributed by atoms with E-state index >= 15 is 0 Å². The molecule has 0 aliphatic rings. The molecule has 78 valence electrons. The van der Waals surface area contributed by atoms with Crippen LogP contribution in [-0.2, 0) is 6.42 Å². The van der Waals surface area contributed by atoms with Gasteiger partial charge in [-0.25, -0.2) is 9.37 Å². The highest BCUT2D eigenvalue weighted by Crippen LogP contribution is 2.26. The van der Waals surface area contributed by atoms with E-state index in [0.717, 1.165) is 17.0 Å². The van der Waals surface area contributed by atoms with Crippen LogP contribution in [0, 0.1) is 12.7 Å². The summed E-state index contributed by atoms with van der Waals surface area (Å²) < 4.78 is 13.1. The molecule has 0 saturated carbocycles. The molecular formula is C12H12FNS. The van der Waals surface area contributed by atoms with Crippen molar-refractivity contribution >= 4 is 11.3 Å². The molecule has 0 unspecified atom stereocenters. The van der Waals surface area contributed by atoms with E-state index < -0.39 is 0 Å². The second-order valence-corrected chi connectivity index (χ2v) is 4.56. The number of halogens is 1. The summed E-state index contributed by atoms with van der Waals surface area (Å²) in [6.07, 6.45) is 2.89. The van der Waals surface area contributed by atoms with E-state index in [4.69, 9.17) is 0 Å². The summed E-state index contributed by atoms with van der Waals surface area (Å²) in [5.74, 6) is -0.161. The van der Waals surface area contributed by atoms with Gasteiger partial charge in [-0.1, -0.05) is 6.92 Å². The molecule has 0 radical (unpaired) electrons. The van der Waals surface area contributed by atoms with Gasteiger partial charge in [0.25, 0.3) is 0 Å². The largest absolute Gasteiger partial charge is 0.244 e. The maximum Gasteiger partial charge on any atom is 0.126 e. The molecule has 0 N–H and O–H groups in total. The van der Waals surface area contributed by atoms with Crippen LogP contribution in [0.4, 0.5) is 4.39 Å². The number of aromatic nitrogens is 1. The Kier molecular flexibility index (Phi) is 2.82. The van der Waals surface area contributed by atoms with Crippen molar-refractivity contribution in [3.05, 3.63) is 40.7 Å². The molecule has 0 bridgehead atoms. The zero-order valence-corrected chi connectivity index (χ0v) is 9.57. The van der Waals surface area contributed by atoms with Gasteiger partial charge in [-0.05, 0) is 37.1 Å². The molecule has 1 aromatic carbocycles. The molecule has 1 heterocycles. The van der Waals surface area contributed by atoms with E-state index in [1.165, 1.54) is 10.9 Å². The quantitative estimate of drug-likeness (QED) is 0.751. The van der Waals surface area contributed by atoms with Crippen LogP contribution < -0.4 is 0 Å². The molecule has 0 fully saturated rings. The lowest BCUT2D eigenvalue weighted by molar-refractivity contribution is 0.619. The predicted molar refractivity (Wildman–Crippen MR) is 61.6 cm³/mol. The Hall–Kier alpha value is -1.22. The van der Waals surface area contributed by atoms with Crippen LogP contribution in [0.3, 0.4) is 0 Å². The first kappa shape index (κ1) is 10.3. The molecule has 1 nitrogen and oxygen atoms in total. The fourth-order valence-corrected chi connectivity index (χ4v) is 2.23. The Bertz CT molecular complexity index is 476. The monoisotopic (exact) mass is 221 g/mol. The van der Waals surface area contributed by atoms with Gasteiger partial charge in [0.1, 0.15) is 10.8 Å². The van der Waals surface area contributed by atoms with Crippen LogP contribution in [0.15, 0.2) is 24.4 Å². The van der Waals surface area contributed by atoms with E-state index in [2.05, 4.69) is 11.9 Å². The zero-order chi connectivity index (χ0) is 10.8. The average Bonchev–Trinajstić information content (AvgIpc) is 2.70. The van der Waals surface area contributed by atoms with Crippen LogP contribution in [0.1, 0.15) is 17.4 Å². The fourth-order valence-electron chi connectivity index (χ4n) is 1.38. The number of aryl methyl sites for hydroxylation is 2. The standard InChI is InChI=1S/C12H12FNS/c1-3-10-7-14-12(15-10)9-4-5-11(13)8(2)6-9/h4-7H,3H2,1-2H3. The molecule has 2 rings (SSSR count). The van der Waals surface area contributed by atoms with Crippen molar-refractivity contribution in [3.63, 3.8) is 0 Å². The number of hydrogen-bond acceptors (Lipinski definition) is 2. The highest BCUT2D eigenvalue weighted by molar-refractivity contribution is 7.15. The van der Waals surface area contributed by atoms with Gasteiger partial charge in [-0.3, -0.25) is 0 Å². The Labute approximate surface area is 92.6 Å². The number of hydrogen-bond donors (Lipinski definition) is 0. The topological polar surface area (TPSA) is 12.9 Å². The van der Waals surface area contributed by atoms with Gasteiger partial charge in [0.2, 0.25) is 0 Å². The average molecular weight is 221 g/mol. The second kappa shape index (κ2) is 4.11. The summed E-state index contributed by atoms with van der Waals surface area (Å²) in [4.78, 5) is 5.58. The highest BCUT2D eigenvalue weighted by atomic mass is 32.1. The van der Waals surface area contributed by atoms with Gasteiger partial charge in [0, 0.05) is 16.6 Å². The number of benzene rings is 1. The van der Waals surface area contributed by atoms with Crippen molar-refractivity contribution < 1.29 is 4.39 Å². The van der Waals surface area contributed by atoms with Crippen molar-refractivity contribution in [2.45, 2.75) is 20.3 Å². The Morgan fingerprint density at radius 2 is 2.20 bits per heavy atom. The van der Waals surface area contributed by atoms with Gasteiger partial charge in [-0.2, -0.15) is 0 Å². The van der Waals surface area contributed by atoms with Crippen molar-refractivity contribution in [1.82, 2.24) is 4.98 Å². The minimum atomic E-state index is -0.161. The minimum Gasteiger partial charge on any atom is -0.244 e. The summed E-state index contributed by atoms with van der Waals surface area (Å²) in [5.41, 5.74) is 1.67. The second-order valence-electron chi connectivity index (χ2n) is 3.45. The first-order chi connectivity index (χ1) is 7.20. The Balaban J connectivity index is 2.40. The van der Waals surface area contributed by atoms with Crippen molar-refractivity contribution in [1.29, 1.82) is 0 Å². The third kappa shape index (κ3) is 2.07. The molecule has 1 aromatic heterocycles. The number of rotatable bonds is 2. The molecule has 3 heteroatoms. The lowest BCUT2D eigenvalue weighted by Crippen LogP contribution is -1.83. The van der Waals surface area contributed by atoms with Crippen LogP contribution in [0.2, 0.25) is 0 Å². The maximum atomic E-state index is 13.1. The van der Waals surface area contributed by atoms with Crippen LogP contribution in [-0.4, -0.2) is 4.98 Å². The van der Waals surface area contributed by atoms with Crippen molar-refractivity contribution in [3.8, 4) is 10.6 Å². The third-order valence-electron chi connectivity index (χ3n) is 2.31. The normalized spacial score (nSPS) is 10.6. The summed E-state index contributed by atoms with van der Waals surface area (Å²) in [5, 5.41) is 0.968. The molecule has 0 aliphatic heterocycles. The summed E-state index contributed by atoms with van der Waals surface area (Å²) in [7, 11) is 0. The zero-order valence-electron chi connectivity index (χ0n) is 8.75. The van der Waals surface area contributed by atoms with E-state index in [9.17, 15) is 4.39 Å². The SMILES string of the molecule is CCc1cnc(-c2ccc(F)c(C)c2)s1. The summed E-state index contributed by atoms with van der Waals surface area (Å²) in [6.45, 7) is 3.88. The van der Waals surface area contributed by atoms with Crippen molar-refractivity contribution in [2.24, 2.45) is 0 Å². The highest BCUT2D eigenvalue weighted by Gasteiger charge is 2.05. The predicted octanol–water partition coefficient (Wildman–Crippen LogP) is 3.82. The molecular weight excluding hydrogens is 209 g/mol. The third-order valence-corrected chi connectivity index (χ3v) is 3.50. The first-order valence-corrected chi connectivity index (χ1v) is 5.73. The Morgan fingerprint density at radius 1 is 1.40 bits per heavy atom. The van der Waals surface area contributed by atoms with Gasteiger partial charge < -0.3 is 0 Å². The van der Waals surface area contributed by atoms with Gasteiger partial charge in [-0.15, -0.1) is 11.3 Å². The lowest BCUT2D eigenvalue weighted by Gasteiger charge is -1.99. The smallest absolute Gasteiger partial charge is 0.126 e. The summed E-state index contributed by atoms with van der Waals surface area (Å²) >= 11 is 1.67. The Morgan fingerprint density at radius 3 is 2.80 bits per heavy atom. The van der Waals surface area contributed by atoms with Gasteiger partial charge in [0.05, 0.1) is 0 Å². The molecule has 0 atom stereocenters. The molecule has 15 heavy (non-hydrogen) atoms. The molecule has 0 saturated heterocycles. The van der Waals surface area contributed by atoms with Crippen LogP contribution in [0.25, 0.3) is 10.6 Å². The van der Waals surface area contributed by atoms with E-state index in [1.807, 2.05) is 12.3 Å². The minimum absolute atomic E-state index is 0.161. The number of nitrogens with zero attached hydrogens (tertiary/aromatic N) is 1. The molecule has 0 spiro atoms. The van der Waals surface area contributed by atoms with Gasteiger partial charge >= 0.3 is 0 Å². The van der Waals surface area contributed by atoms with Gasteiger partial charge in [0.15, 0.2) is 0 Å². The van der Waals surface area contributed by atoms with Crippen LogP contribution >= 0.6 is 11.3 Å². The molecule has 0 amide bonds. The fraction of sp³-hybridized carbons (Fsp3) is 0.250. The summed E-state index contributed by atoms with van der Waals surface area (Å²) in [6, 6.07) is 5.12. The first-order valence-electron chi connectivity index (χ1n) is 4.92. The maximum absolute atomic E-state index is 13.1.